The number of aryl methyl sites for hydroxylation is 1. The van der Waals surface area contributed by atoms with Crippen LogP contribution in [0.4, 0.5) is 0 Å². The minimum Gasteiger partial charge on any atom is -0.338 e. The molecule has 0 aliphatic heterocycles. The lowest BCUT2D eigenvalue weighted by Crippen LogP contribution is -2.39. The van der Waals surface area contributed by atoms with Gasteiger partial charge in [-0.25, -0.2) is 0 Å². The molecule has 0 saturated heterocycles. The first-order valence-electron chi connectivity index (χ1n) is 6.49. The van der Waals surface area contributed by atoms with Crippen molar-refractivity contribution in [2.75, 3.05) is 0 Å². The molecule has 1 N–H and O–H groups in total. The highest BCUT2D eigenvalue weighted by Gasteiger charge is 2.30. The SMILES string of the molecule is Cc1noc(CNC2CC(c3cccc(Br)c3)C2)n1. The average Bonchev–Trinajstić information content (AvgIpc) is 2.73. The zero-order valence-corrected chi connectivity index (χ0v) is 12.4. The molecule has 1 fully saturated rings. The highest BCUT2D eigenvalue weighted by Crippen LogP contribution is 2.37. The van der Waals surface area contributed by atoms with E-state index in [0.29, 0.717) is 30.2 Å². The van der Waals surface area contributed by atoms with Crippen LogP contribution in [-0.4, -0.2) is 16.2 Å². The van der Waals surface area contributed by atoms with Crippen LogP contribution in [0.2, 0.25) is 0 Å². The molecule has 3 rings (SSSR count). The minimum absolute atomic E-state index is 0.552. The molecular formula is C14H16BrN3O. The molecule has 1 heterocycles. The molecule has 0 amide bonds. The minimum atomic E-state index is 0.552. The van der Waals surface area contributed by atoms with E-state index in [1.807, 2.05) is 6.92 Å². The molecule has 1 aromatic carbocycles. The van der Waals surface area contributed by atoms with Crippen molar-refractivity contribution >= 4 is 15.9 Å². The third kappa shape index (κ3) is 3.04. The molecule has 1 aliphatic carbocycles. The molecule has 0 bridgehead atoms. The number of benzene rings is 1. The van der Waals surface area contributed by atoms with Crippen molar-refractivity contribution in [3.8, 4) is 0 Å². The van der Waals surface area contributed by atoms with Crippen molar-refractivity contribution in [3.63, 3.8) is 0 Å². The molecule has 1 saturated carbocycles. The summed E-state index contributed by atoms with van der Waals surface area (Å²) in [5.41, 5.74) is 1.42. The van der Waals surface area contributed by atoms with E-state index in [1.54, 1.807) is 0 Å². The largest absolute Gasteiger partial charge is 0.338 e. The van der Waals surface area contributed by atoms with Gasteiger partial charge in [-0.1, -0.05) is 33.2 Å². The second-order valence-corrected chi connectivity index (χ2v) is 5.95. The van der Waals surface area contributed by atoms with Crippen LogP contribution in [0.25, 0.3) is 0 Å². The van der Waals surface area contributed by atoms with Gasteiger partial charge < -0.3 is 9.84 Å². The van der Waals surface area contributed by atoms with E-state index >= 15 is 0 Å². The third-order valence-electron chi connectivity index (χ3n) is 3.57. The summed E-state index contributed by atoms with van der Waals surface area (Å²) in [5.74, 6) is 2.03. The zero-order valence-electron chi connectivity index (χ0n) is 10.8. The van der Waals surface area contributed by atoms with Crippen molar-refractivity contribution in [2.24, 2.45) is 0 Å². The fourth-order valence-corrected chi connectivity index (χ4v) is 2.88. The van der Waals surface area contributed by atoms with Crippen molar-refractivity contribution in [2.45, 2.75) is 38.3 Å². The van der Waals surface area contributed by atoms with E-state index in [-0.39, 0.29) is 0 Å². The van der Waals surface area contributed by atoms with E-state index in [9.17, 15) is 0 Å². The quantitative estimate of drug-likeness (QED) is 0.939. The Morgan fingerprint density at radius 3 is 2.95 bits per heavy atom. The highest BCUT2D eigenvalue weighted by molar-refractivity contribution is 9.10. The zero-order chi connectivity index (χ0) is 13.2. The molecule has 19 heavy (non-hydrogen) atoms. The molecule has 1 aromatic heterocycles. The maximum Gasteiger partial charge on any atom is 0.240 e. The Labute approximate surface area is 120 Å². The molecule has 5 heteroatoms. The second-order valence-electron chi connectivity index (χ2n) is 5.04. The Hall–Kier alpha value is -1.20. The fraction of sp³-hybridized carbons (Fsp3) is 0.429. The fourth-order valence-electron chi connectivity index (χ4n) is 2.46. The van der Waals surface area contributed by atoms with E-state index in [4.69, 9.17) is 4.52 Å². The summed E-state index contributed by atoms with van der Waals surface area (Å²) in [7, 11) is 0. The predicted molar refractivity (Wildman–Crippen MR) is 75.8 cm³/mol. The Bertz CT molecular complexity index is 563. The van der Waals surface area contributed by atoms with Crippen LogP contribution in [0, 0.1) is 6.92 Å². The van der Waals surface area contributed by atoms with Gasteiger partial charge in [-0.2, -0.15) is 4.98 Å². The van der Waals surface area contributed by atoms with E-state index in [2.05, 4.69) is 55.7 Å². The van der Waals surface area contributed by atoms with Crippen LogP contribution in [0.1, 0.15) is 36.0 Å². The van der Waals surface area contributed by atoms with Crippen LogP contribution < -0.4 is 5.32 Å². The Morgan fingerprint density at radius 1 is 1.42 bits per heavy atom. The lowest BCUT2D eigenvalue weighted by atomic mass is 9.76. The lowest BCUT2D eigenvalue weighted by Gasteiger charge is -2.36. The first-order chi connectivity index (χ1) is 9.20. The first kappa shape index (κ1) is 12.8. The molecule has 0 atom stereocenters. The van der Waals surface area contributed by atoms with Crippen LogP contribution in [0.3, 0.4) is 0 Å². The summed E-state index contributed by atoms with van der Waals surface area (Å²) in [5, 5.41) is 7.23. The maximum absolute atomic E-state index is 5.08. The molecule has 2 aromatic rings. The number of nitrogens with one attached hydrogen (secondary N) is 1. The van der Waals surface area contributed by atoms with E-state index in [0.717, 1.165) is 4.47 Å². The van der Waals surface area contributed by atoms with Gasteiger partial charge in [0.1, 0.15) is 0 Å². The summed E-state index contributed by atoms with van der Waals surface area (Å²) >= 11 is 3.52. The van der Waals surface area contributed by atoms with Gasteiger partial charge >= 0.3 is 0 Å². The van der Waals surface area contributed by atoms with Gasteiger partial charge in [-0.3, -0.25) is 0 Å². The molecule has 1 aliphatic rings. The maximum atomic E-state index is 5.08. The highest BCUT2D eigenvalue weighted by atomic mass is 79.9. The summed E-state index contributed by atoms with van der Waals surface area (Å²) in [6.07, 6.45) is 2.34. The number of aromatic nitrogens is 2. The molecule has 100 valence electrons. The van der Waals surface area contributed by atoms with Crippen LogP contribution in [0.5, 0.6) is 0 Å². The Morgan fingerprint density at radius 2 is 2.26 bits per heavy atom. The molecule has 0 unspecified atom stereocenters. The molecular weight excluding hydrogens is 306 g/mol. The summed E-state index contributed by atoms with van der Waals surface area (Å²) < 4.78 is 6.24. The van der Waals surface area contributed by atoms with Crippen molar-refractivity contribution in [3.05, 3.63) is 46.0 Å². The van der Waals surface area contributed by atoms with Gasteiger partial charge in [0.15, 0.2) is 5.82 Å². The summed E-state index contributed by atoms with van der Waals surface area (Å²) in [6.45, 7) is 2.50. The number of rotatable bonds is 4. The normalized spacial score (nSPS) is 22.2. The van der Waals surface area contributed by atoms with Crippen molar-refractivity contribution in [1.82, 2.24) is 15.5 Å². The van der Waals surface area contributed by atoms with Crippen molar-refractivity contribution in [1.29, 1.82) is 0 Å². The first-order valence-corrected chi connectivity index (χ1v) is 7.28. The standard InChI is InChI=1S/C14H16BrN3O/c1-9-17-14(19-18-9)8-16-13-6-11(7-13)10-3-2-4-12(15)5-10/h2-5,11,13,16H,6-8H2,1H3. The van der Waals surface area contributed by atoms with Gasteiger partial charge in [0.25, 0.3) is 0 Å². The smallest absolute Gasteiger partial charge is 0.240 e. The Balaban J connectivity index is 1.48. The summed E-state index contributed by atoms with van der Waals surface area (Å²) in [6, 6.07) is 9.13. The van der Waals surface area contributed by atoms with Crippen molar-refractivity contribution < 1.29 is 4.52 Å². The third-order valence-corrected chi connectivity index (χ3v) is 4.06. The number of hydrogen-bond acceptors (Lipinski definition) is 4. The number of nitrogens with zero attached hydrogens (tertiary/aromatic N) is 2. The van der Waals surface area contributed by atoms with Crippen LogP contribution >= 0.6 is 15.9 Å². The van der Waals surface area contributed by atoms with Gasteiger partial charge in [-0.05, 0) is 43.4 Å². The second kappa shape index (κ2) is 5.43. The van der Waals surface area contributed by atoms with Crippen LogP contribution in [-0.2, 0) is 6.54 Å². The lowest BCUT2D eigenvalue weighted by molar-refractivity contribution is 0.271. The predicted octanol–water partition coefficient (Wildman–Crippen LogP) is 3.18. The molecule has 0 radical (unpaired) electrons. The van der Waals surface area contributed by atoms with Gasteiger partial charge in [0.2, 0.25) is 5.89 Å². The van der Waals surface area contributed by atoms with Gasteiger partial charge in [0, 0.05) is 10.5 Å². The van der Waals surface area contributed by atoms with Crippen LogP contribution in [0.15, 0.2) is 33.3 Å². The van der Waals surface area contributed by atoms with Gasteiger partial charge in [0.05, 0.1) is 6.54 Å². The average molecular weight is 322 g/mol. The summed E-state index contributed by atoms with van der Waals surface area (Å²) in [4.78, 5) is 4.18. The Kier molecular flexibility index (Phi) is 3.66. The molecule has 4 nitrogen and oxygen atoms in total. The molecule has 0 spiro atoms. The number of halogens is 1. The van der Waals surface area contributed by atoms with Gasteiger partial charge in [-0.15, -0.1) is 0 Å². The van der Waals surface area contributed by atoms with E-state index in [1.165, 1.54) is 18.4 Å². The monoisotopic (exact) mass is 321 g/mol. The van der Waals surface area contributed by atoms with E-state index < -0.39 is 0 Å². The topological polar surface area (TPSA) is 51.0 Å². The number of hydrogen-bond donors (Lipinski definition) is 1.